The van der Waals surface area contributed by atoms with E-state index in [0.29, 0.717) is 19.8 Å². The number of rotatable bonds is 9. The van der Waals surface area contributed by atoms with Crippen molar-refractivity contribution in [1.29, 1.82) is 0 Å². The molecule has 0 radical (unpaired) electrons. The third kappa shape index (κ3) is 5.15. The van der Waals surface area contributed by atoms with E-state index in [-0.39, 0.29) is 5.92 Å². The van der Waals surface area contributed by atoms with E-state index in [1.165, 1.54) is 11.1 Å². The normalized spacial score (nSPS) is 12.0. The predicted molar refractivity (Wildman–Crippen MR) is 100 cm³/mol. The Balaban J connectivity index is 2.17. The van der Waals surface area contributed by atoms with E-state index < -0.39 is 0 Å². The summed E-state index contributed by atoms with van der Waals surface area (Å²) in [6.07, 6.45) is 1.82. The topological polar surface area (TPSA) is 44.5 Å². The quantitative estimate of drug-likeness (QED) is 0.707. The highest BCUT2D eigenvalue weighted by Crippen LogP contribution is 2.31. The lowest BCUT2D eigenvalue weighted by Gasteiger charge is -2.17. The second-order valence-corrected chi connectivity index (χ2v) is 6.19. The molecule has 2 rings (SSSR count). The Labute approximate surface area is 149 Å². The van der Waals surface area contributed by atoms with Gasteiger partial charge in [0.05, 0.1) is 13.2 Å². The van der Waals surface area contributed by atoms with Gasteiger partial charge in [-0.2, -0.15) is 0 Å². The zero-order valence-electron chi connectivity index (χ0n) is 14.4. The highest BCUT2D eigenvalue weighted by molar-refractivity contribution is 6.30. The molecule has 0 aromatic heterocycles. The molecule has 130 valence electrons. The molecule has 0 spiro atoms. The van der Waals surface area contributed by atoms with Crippen LogP contribution in [0.1, 0.15) is 37.3 Å². The van der Waals surface area contributed by atoms with Gasteiger partial charge >= 0.3 is 0 Å². The Kier molecular flexibility index (Phi) is 7.41. The Hall–Kier alpha value is -1.71. The van der Waals surface area contributed by atoms with E-state index in [9.17, 15) is 0 Å². The van der Waals surface area contributed by atoms with Crippen LogP contribution in [0.15, 0.2) is 42.5 Å². The first-order valence-corrected chi connectivity index (χ1v) is 8.89. The van der Waals surface area contributed by atoms with Crippen molar-refractivity contribution in [3.63, 3.8) is 0 Å². The first-order valence-electron chi connectivity index (χ1n) is 8.52. The first-order chi connectivity index (χ1) is 11.7. The molecule has 0 heterocycles. The van der Waals surface area contributed by atoms with Crippen LogP contribution in [0.4, 0.5) is 0 Å². The number of hydrogen-bond donors (Lipinski definition) is 1. The maximum atomic E-state index is 5.99. The van der Waals surface area contributed by atoms with Gasteiger partial charge in [0.1, 0.15) is 0 Å². The first kappa shape index (κ1) is 18.6. The summed E-state index contributed by atoms with van der Waals surface area (Å²) in [5, 5.41) is 0.741. The number of benzene rings is 2. The third-order valence-corrected chi connectivity index (χ3v) is 4.13. The molecule has 0 fully saturated rings. The Morgan fingerprint density at radius 2 is 1.75 bits per heavy atom. The van der Waals surface area contributed by atoms with Crippen molar-refractivity contribution in [3.05, 3.63) is 58.6 Å². The van der Waals surface area contributed by atoms with Crippen LogP contribution < -0.4 is 15.2 Å². The molecule has 0 saturated carbocycles. The van der Waals surface area contributed by atoms with Crippen molar-refractivity contribution in [3.8, 4) is 11.5 Å². The molecule has 0 amide bonds. The highest BCUT2D eigenvalue weighted by atomic mass is 35.5. The van der Waals surface area contributed by atoms with Gasteiger partial charge in [-0.1, -0.05) is 36.7 Å². The summed E-state index contributed by atoms with van der Waals surface area (Å²) >= 11 is 5.97. The molecule has 2 N–H and O–H groups in total. The molecule has 24 heavy (non-hydrogen) atoms. The van der Waals surface area contributed by atoms with Crippen molar-refractivity contribution < 1.29 is 9.47 Å². The molecule has 2 aromatic carbocycles. The van der Waals surface area contributed by atoms with Crippen LogP contribution in [0.25, 0.3) is 0 Å². The van der Waals surface area contributed by atoms with Crippen LogP contribution in [0.5, 0.6) is 11.5 Å². The average molecular weight is 348 g/mol. The van der Waals surface area contributed by atoms with Crippen LogP contribution >= 0.6 is 11.6 Å². The molecule has 2 aromatic rings. The fraction of sp³-hybridized carbons (Fsp3) is 0.400. The molecular formula is C20H26ClNO2. The monoisotopic (exact) mass is 347 g/mol. The highest BCUT2D eigenvalue weighted by Gasteiger charge is 2.13. The van der Waals surface area contributed by atoms with Crippen molar-refractivity contribution in [2.45, 2.75) is 32.6 Å². The summed E-state index contributed by atoms with van der Waals surface area (Å²) in [6.45, 7) is 5.96. The molecule has 1 unspecified atom stereocenters. The molecule has 4 heteroatoms. The van der Waals surface area contributed by atoms with E-state index in [4.69, 9.17) is 26.8 Å². The van der Waals surface area contributed by atoms with Gasteiger partial charge in [0.2, 0.25) is 0 Å². The van der Waals surface area contributed by atoms with E-state index in [2.05, 4.69) is 19.1 Å². The van der Waals surface area contributed by atoms with Crippen LogP contribution in [0.3, 0.4) is 0 Å². The van der Waals surface area contributed by atoms with E-state index in [1.54, 1.807) is 0 Å². The number of nitrogens with two attached hydrogens (primary N) is 1. The van der Waals surface area contributed by atoms with Crippen molar-refractivity contribution in [1.82, 2.24) is 0 Å². The van der Waals surface area contributed by atoms with Crippen LogP contribution in [0.2, 0.25) is 5.02 Å². The molecular weight excluding hydrogens is 322 g/mol. The van der Waals surface area contributed by atoms with Crippen LogP contribution in [-0.2, 0) is 6.42 Å². The fourth-order valence-electron chi connectivity index (χ4n) is 2.64. The van der Waals surface area contributed by atoms with Gasteiger partial charge < -0.3 is 15.2 Å². The molecule has 3 nitrogen and oxygen atoms in total. The van der Waals surface area contributed by atoms with Crippen LogP contribution in [0, 0.1) is 0 Å². The van der Waals surface area contributed by atoms with Gasteiger partial charge in [0.15, 0.2) is 11.5 Å². The smallest absolute Gasteiger partial charge is 0.161 e. The molecule has 0 saturated heterocycles. The maximum absolute atomic E-state index is 5.99. The van der Waals surface area contributed by atoms with Gasteiger partial charge in [-0.25, -0.2) is 0 Å². The van der Waals surface area contributed by atoms with E-state index >= 15 is 0 Å². The van der Waals surface area contributed by atoms with Gasteiger partial charge in [0, 0.05) is 10.9 Å². The second-order valence-electron chi connectivity index (χ2n) is 5.75. The Bertz CT molecular complexity index is 628. The molecule has 0 aliphatic rings. The standard InChI is InChI=1S/C20H26ClNO2/c1-3-11-24-19-10-5-15(13-20(19)23-4-2)12-17(14-22)16-6-8-18(21)9-7-16/h5-10,13,17H,3-4,11-12,14,22H2,1-2H3. The minimum absolute atomic E-state index is 0.249. The summed E-state index contributed by atoms with van der Waals surface area (Å²) in [6, 6.07) is 14.0. The number of halogens is 1. The largest absolute Gasteiger partial charge is 0.490 e. The minimum Gasteiger partial charge on any atom is -0.490 e. The number of hydrogen-bond acceptors (Lipinski definition) is 3. The van der Waals surface area contributed by atoms with Gasteiger partial charge in [0.25, 0.3) is 0 Å². The second kappa shape index (κ2) is 9.55. The lowest BCUT2D eigenvalue weighted by atomic mass is 9.92. The van der Waals surface area contributed by atoms with Gasteiger partial charge in [-0.05, 0) is 61.7 Å². The van der Waals surface area contributed by atoms with Gasteiger partial charge in [-0.15, -0.1) is 0 Å². The lowest BCUT2D eigenvalue weighted by molar-refractivity contribution is 0.276. The minimum atomic E-state index is 0.249. The summed E-state index contributed by atoms with van der Waals surface area (Å²) in [7, 11) is 0. The zero-order valence-corrected chi connectivity index (χ0v) is 15.2. The summed E-state index contributed by atoms with van der Waals surface area (Å²) in [5.74, 6) is 1.85. The summed E-state index contributed by atoms with van der Waals surface area (Å²) in [5.41, 5.74) is 8.38. The predicted octanol–water partition coefficient (Wildman–Crippen LogP) is 4.81. The molecule has 1 atom stereocenters. The van der Waals surface area contributed by atoms with Crippen LogP contribution in [-0.4, -0.2) is 19.8 Å². The summed E-state index contributed by atoms with van der Waals surface area (Å²) in [4.78, 5) is 0. The van der Waals surface area contributed by atoms with E-state index in [1.807, 2.05) is 37.3 Å². The Morgan fingerprint density at radius 3 is 2.38 bits per heavy atom. The lowest BCUT2D eigenvalue weighted by Crippen LogP contribution is -2.15. The van der Waals surface area contributed by atoms with Gasteiger partial charge in [-0.3, -0.25) is 0 Å². The van der Waals surface area contributed by atoms with Crippen molar-refractivity contribution in [2.75, 3.05) is 19.8 Å². The zero-order chi connectivity index (χ0) is 17.4. The molecule has 0 bridgehead atoms. The average Bonchev–Trinajstić information content (AvgIpc) is 2.60. The fourth-order valence-corrected chi connectivity index (χ4v) is 2.76. The van der Waals surface area contributed by atoms with Crippen molar-refractivity contribution in [2.24, 2.45) is 5.73 Å². The van der Waals surface area contributed by atoms with E-state index in [0.717, 1.165) is 29.4 Å². The Morgan fingerprint density at radius 1 is 1.00 bits per heavy atom. The summed E-state index contributed by atoms with van der Waals surface area (Å²) < 4.78 is 11.5. The van der Waals surface area contributed by atoms with Crippen molar-refractivity contribution >= 4 is 11.6 Å². The number of ether oxygens (including phenoxy) is 2. The molecule has 0 aliphatic heterocycles. The third-order valence-electron chi connectivity index (χ3n) is 3.88. The SMILES string of the molecule is CCCOc1ccc(CC(CN)c2ccc(Cl)cc2)cc1OCC. The maximum Gasteiger partial charge on any atom is 0.161 e. The molecule has 0 aliphatic carbocycles.